The van der Waals surface area contributed by atoms with E-state index in [2.05, 4.69) is 10.6 Å². The van der Waals surface area contributed by atoms with E-state index in [1.807, 2.05) is 19.1 Å². The molecule has 0 saturated carbocycles. The van der Waals surface area contributed by atoms with Gasteiger partial charge in [0.05, 0.1) is 4.92 Å². The molecule has 0 radical (unpaired) electrons. The number of nitrogens with zero attached hydrogens (tertiary/aromatic N) is 1. The summed E-state index contributed by atoms with van der Waals surface area (Å²) in [4.78, 5) is 22.4. The number of nitro benzene ring substituents is 1. The van der Waals surface area contributed by atoms with Gasteiger partial charge in [-0.2, -0.15) is 0 Å². The monoisotopic (exact) mass is 333 g/mol. The largest absolute Gasteiger partial charge is 0.378 e. The van der Waals surface area contributed by atoms with Crippen molar-refractivity contribution >= 4 is 28.9 Å². The number of aryl methyl sites for hydroxylation is 1. The highest BCUT2D eigenvalue weighted by atomic mass is 35.5. The van der Waals surface area contributed by atoms with Crippen LogP contribution in [-0.2, 0) is 0 Å². The van der Waals surface area contributed by atoms with Gasteiger partial charge in [0.1, 0.15) is 5.69 Å². The minimum absolute atomic E-state index is 0.0950. The van der Waals surface area contributed by atoms with Crippen LogP contribution in [0.15, 0.2) is 42.5 Å². The van der Waals surface area contributed by atoms with Crippen molar-refractivity contribution < 1.29 is 9.72 Å². The first kappa shape index (κ1) is 16.8. The molecule has 0 aliphatic rings. The molecule has 0 spiro atoms. The summed E-state index contributed by atoms with van der Waals surface area (Å²) in [5, 5.41) is 16.9. The number of carbonyl (C=O) groups excluding carboxylic acids is 1. The molecule has 0 fully saturated rings. The van der Waals surface area contributed by atoms with Crippen molar-refractivity contribution in [3.8, 4) is 0 Å². The van der Waals surface area contributed by atoms with Crippen molar-refractivity contribution in [2.45, 2.75) is 6.92 Å². The maximum atomic E-state index is 11.9. The van der Waals surface area contributed by atoms with E-state index in [-0.39, 0.29) is 11.6 Å². The molecule has 2 rings (SSSR count). The fourth-order valence-corrected chi connectivity index (χ4v) is 2.15. The normalized spacial score (nSPS) is 10.2. The van der Waals surface area contributed by atoms with Gasteiger partial charge in [-0.1, -0.05) is 29.3 Å². The van der Waals surface area contributed by atoms with Crippen LogP contribution in [0.3, 0.4) is 0 Å². The van der Waals surface area contributed by atoms with Crippen LogP contribution < -0.4 is 10.6 Å². The van der Waals surface area contributed by atoms with Gasteiger partial charge in [0.25, 0.3) is 11.6 Å². The fourth-order valence-electron chi connectivity index (χ4n) is 1.99. The molecule has 6 nitrogen and oxygen atoms in total. The topological polar surface area (TPSA) is 84.3 Å². The molecule has 0 saturated heterocycles. The van der Waals surface area contributed by atoms with Gasteiger partial charge < -0.3 is 10.6 Å². The molecule has 2 N–H and O–H groups in total. The molecule has 0 aliphatic heterocycles. The van der Waals surface area contributed by atoms with Crippen molar-refractivity contribution in [3.63, 3.8) is 0 Å². The number of nitro groups is 1. The highest BCUT2D eigenvalue weighted by Gasteiger charge is 2.13. The van der Waals surface area contributed by atoms with E-state index in [9.17, 15) is 14.9 Å². The number of benzene rings is 2. The Morgan fingerprint density at radius 3 is 2.52 bits per heavy atom. The molecule has 2 aromatic rings. The van der Waals surface area contributed by atoms with Crippen LogP contribution in [0.25, 0.3) is 0 Å². The van der Waals surface area contributed by atoms with Crippen molar-refractivity contribution in [2.24, 2.45) is 0 Å². The van der Waals surface area contributed by atoms with Gasteiger partial charge in [-0.15, -0.1) is 0 Å². The molecule has 1 amide bonds. The zero-order chi connectivity index (χ0) is 16.8. The van der Waals surface area contributed by atoms with Crippen LogP contribution in [0, 0.1) is 17.0 Å². The van der Waals surface area contributed by atoms with Gasteiger partial charge in [-0.05, 0) is 31.2 Å². The predicted molar refractivity (Wildman–Crippen MR) is 90.1 cm³/mol. The van der Waals surface area contributed by atoms with E-state index in [0.29, 0.717) is 29.4 Å². The van der Waals surface area contributed by atoms with E-state index in [4.69, 9.17) is 11.6 Å². The van der Waals surface area contributed by atoms with Gasteiger partial charge in [-0.3, -0.25) is 14.9 Å². The first-order chi connectivity index (χ1) is 11.0. The fraction of sp³-hybridized carbons (Fsp3) is 0.188. The number of hydrogen-bond donors (Lipinski definition) is 2. The second-order valence-electron chi connectivity index (χ2n) is 4.97. The third-order valence-electron chi connectivity index (χ3n) is 3.20. The summed E-state index contributed by atoms with van der Waals surface area (Å²) in [5.41, 5.74) is 1.93. The Kier molecular flexibility index (Phi) is 5.54. The predicted octanol–water partition coefficient (Wildman–Crippen LogP) is 3.40. The zero-order valence-electron chi connectivity index (χ0n) is 12.5. The van der Waals surface area contributed by atoms with Crippen molar-refractivity contribution in [2.75, 3.05) is 18.4 Å². The maximum absolute atomic E-state index is 11.9. The number of halogens is 1. The second-order valence-corrected chi connectivity index (χ2v) is 5.40. The lowest BCUT2D eigenvalue weighted by Crippen LogP contribution is -2.28. The third-order valence-corrected chi connectivity index (χ3v) is 3.43. The van der Waals surface area contributed by atoms with Crippen molar-refractivity contribution in [1.29, 1.82) is 0 Å². The van der Waals surface area contributed by atoms with Gasteiger partial charge in [-0.25, -0.2) is 0 Å². The van der Waals surface area contributed by atoms with Crippen molar-refractivity contribution in [1.82, 2.24) is 5.32 Å². The first-order valence-electron chi connectivity index (χ1n) is 7.00. The Morgan fingerprint density at radius 2 is 1.87 bits per heavy atom. The van der Waals surface area contributed by atoms with E-state index in [1.165, 1.54) is 6.07 Å². The Bertz CT molecular complexity index is 717. The molecular weight excluding hydrogens is 318 g/mol. The van der Waals surface area contributed by atoms with Crippen LogP contribution in [0.5, 0.6) is 0 Å². The number of rotatable bonds is 6. The smallest absolute Gasteiger partial charge is 0.293 e. The molecular formula is C16H16ClN3O3. The molecule has 23 heavy (non-hydrogen) atoms. The summed E-state index contributed by atoms with van der Waals surface area (Å²) >= 11 is 5.75. The summed E-state index contributed by atoms with van der Waals surface area (Å²) in [6.07, 6.45) is 0. The SMILES string of the molecule is Cc1ccc(C(=O)NCCNc2ccc(Cl)cc2[N+](=O)[O-])cc1. The maximum Gasteiger partial charge on any atom is 0.293 e. The highest BCUT2D eigenvalue weighted by molar-refractivity contribution is 6.30. The van der Waals surface area contributed by atoms with Gasteiger partial charge in [0.15, 0.2) is 0 Å². The van der Waals surface area contributed by atoms with E-state index in [1.54, 1.807) is 24.3 Å². The molecule has 2 aromatic carbocycles. The Morgan fingerprint density at radius 1 is 1.17 bits per heavy atom. The number of hydrogen-bond acceptors (Lipinski definition) is 4. The van der Waals surface area contributed by atoms with E-state index < -0.39 is 4.92 Å². The number of carbonyl (C=O) groups is 1. The average Bonchev–Trinajstić information content (AvgIpc) is 2.53. The summed E-state index contributed by atoms with van der Waals surface area (Å²) in [6, 6.07) is 11.6. The lowest BCUT2D eigenvalue weighted by Gasteiger charge is -2.09. The van der Waals surface area contributed by atoms with Gasteiger partial charge in [0, 0.05) is 29.7 Å². The third kappa shape index (κ3) is 4.69. The zero-order valence-corrected chi connectivity index (χ0v) is 13.3. The second kappa shape index (κ2) is 7.60. The molecule has 7 heteroatoms. The minimum atomic E-state index is -0.501. The summed E-state index contributed by atoms with van der Waals surface area (Å²) < 4.78 is 0. The van der Waals surface area contributed by atoms with Crippen LogP contribution in [-0.4, -0.2) is 23.9 Å². The summed E-state index contributed by atoms with van der Waals surface area (Å²) in [6.45, 7) is 2.65. The van der Waals surface area contributed by atoms with E-state index in [0.717, 1.165) is 5.56 Å². The van der Waals surface area contributed by atoms with Crippen molar-refractivity contribution in [3.05, 3.63) is 68.7 Å². The van der Waals surface area contributed by atoms with Crippen LogP contribution in [0.4, 0.5) is 11.4 Å². The standard InChI is InChI=1S/C16H16ClN3O3/c1-11-2-4-12(5-3-11)16(21)19-9-8-18-14-7-6-13(17)10-15(14)20(22)23/h2-7,10,18H,8-9H2,1H3,(H,19,21). The molecule has 0 aliphatic carbocycles. The molecule has 0 bridgehead atoms. The van der Waals surface area contributed by atoms with E-state index >= 15 is 0 Å². The summed E-state index contributed by atoms with van der Waals surface area (Å²) in [7, 11) is 0. The molecule has 0 heterocycles. The number of amides is 1. The Hall–Kier alpha value is -2.60. The van der Waals surface area contributed by atoms with Crippen LogP contribution in [0.2, 0.25) is 5.02 Å². The first-order valence-corrected chi connectivity index (χ1v) is 7.38. The number of anilines is 1. The Balaban J connectivity index is 1.87. The van der Waals surface area contributed by atoms with Crippen LogP contribution >= 0.6 is 11.6 Å². The van der Waals surface area contributed by atoms with Crippen LogP contribution in [0.1, 0.15) is 15.9 Å². The molecule has 0 atom stereocenters. The summed E-state index contributed by atoms with van der Waals surface area (Å²) in [5.74, 6) is -0.183. The molecule has 120 valence electrons. The highest BCUT2D eigenvalue weighted by Crippen LogP contribution is 2.27. The molecule has 0 unspecified atom stereocenters. The van der Waals surface area contributed by atoms with Gasteiger partial charge >= 0.3 is 0 Å². The quantitative estimate of drug-likeness (QED) is 0.482. The lowest BCUT2D eigenvalue weighted by atomic mass is 10.1. The number of nitrogens with one attached hydrogen (secondary N) is 2. The minimum Gasteiger partial charge on any atom is -0.378 e. The average molecular weight is 334 g/mol. The lowest BCUT2D eigenvalue weighted by molar-refractivity contribution is -0.383. The Labute approximate surface area is 138 Å². The molecule has 0 aromatic heterocycles. The van der Waals surface area contributed by atoms with Gasteiger partial charge in [0.2, 0.25) is 0 Å².